The fraction of sp³-hybridized carbons (Fsp3) is 0.545. The zero-order valence-electron chi connectivity index (χ0n) is 9.04. The number of hydrogen-bond donors (Lipinski definition) is 1. The van der Waals surface area contributed by atoms with Gasteiger partial charge in [0.25, 0.3) is 0 Å². The summed E-state index contributed by atoms with van der Waals surface area (Å²) in [6.07, 6.45) is 5.82. The van der Waals surface area contributed by atoms with Gasteiger partial charge in [-0.25, -0.2) is 0 Å². The second kappa shape index (κ2) is 7.68. The van der Waals surface area contributed by atoms with Crippen molar-refractivity contribution in [3.05, 3.63) is 22.6 Å². The summed E-state index contributed by atoms with van der Waals surface area (Å²) in [5.41, 5.74) is 1.16. The number of allylic oxidation sites excluding steroid dienone is 3. The van der Waals surface area contributed by atoms with Crippen molar-refractivity contribution < 1.29 is 9.53 Å². The molecule has 80 valence electrons. The van der Waals surface area contributed by atoms with Crippen LogP contribution in [0.4, 0.5) is 0 Å². The van der Waals surface area contributed by atoms with E-state index in [1.807, 2.05) is 26.0 Å². The second-order valence-electron chi connectivity index (χ2n) is 2.76. The summed E-state index contributed by atoms with van der Waals surface area (Å²) >= 11 is 4.22. The molecule has 0 heterocycles. The SMILES string of the molecule is CC.CC(=O)OCC1=CC=C(S)CC1. The molecule has 0 atom stereocenters. The van der Waals surface area contributed by atoms with Gasteiger partial charge < -0.3 is 4.74 Å². The monoisotopic (exact) mass is 214 g/mol. The maximum atomic E-state index is 10.5. The van der Waals surface area contributed by atoms with E-state index in [9.17, 15) is 4.79 Å². The van der Waals surface area contributed by atoms with Crippen molar-refractivity contribution in [2.75, 3.05) is 6.61 Å². The first-order valence-corrected chi connectivity index (χ1v) is 5.34. The van der Waals surface area contributed by atoms with Crippen molar-refractivity contribution in [2.45, 2.75) is 33.6 Å². The van der Waals surface area contributed by atoms with Crippen molar-refractivity contribution in [3.63, 3.8) is 0 Å². The van der Waals surface area contributed by atoms with E-state index in [1.54, 1.807) is 0 Å². The van der Waals surface area contributed by atoms with Crippen molar-refractivity contribution >= 4 is 18.6 Å². The number of ether oxygens (including phenoxy) is 1. The van der Waals surface area contributed by atoms with Crippen LogP contribution >= 0.6 is 12.6 Å². The fourth-order valence-electron chi connectivity index (χ4n) is 0.984. The van der Waals surface area contributed by atoms with Gasteiger partial charge in [-0.15, -0.1) is 12.6 Å². The van der Waals surface area contributed by atoms with Crippen molar-refractivity contribution in [2.24, 2.45) is 0 Å². The van der Waals surface area contributed by atoms with Gasteiger partial charge in [0.1, 0.15) is 6.61 Å². The van der Waals surface area contributed by atoms with Gasteiger partial charge in [0.05, 0.1) is 0 Å². The van der Waals surface area contributed by atoms with Gasteiger partial charge in [-0.3, -0.25) is 4.79 Å². The molecular formula is C11H18O2S. The summed E-state index contributed by atoms with van der Waals surface area (Å²) in [5, 5.41) is 0. The van der Waals surface area contributed by atoms with E-state index < -0.39 is 0 Å². The van der Waals surface area contributed by atoms with E-state index in [2.05, 4.69) is 12.6 Å². The maximum Gasteiger partial charge on any atom is 0.302 e. The van der Waals surface area contributed by atoms with Gasteiger partial charge in [-0.2, -0.15) is 0 Å². The first-order chi connectivity index (χ1) is 6.68. The van der Waals surface area contributed by atoms with Crippen molar-refractivity contribution in [1.29, 1.82) is 0 Å². The fourth-order valence-corrected chi connectivity index (χ4v) is 1.17. The molecule has 0 spiro atoms. The van der Waals surface area contributed by atoms with E-state index in [4.69, 9.17) is 4.74 Å². The Hall–Kier alpha value is -0.700. The van der Waals surface area contributed by atoms with Crippen LogP contribution in [0.1, 0.15) is 33.6 Å². The molecular weight excluding hydrogens is 196 g/mol. The zero-order chi connectivity index (χ0) is 11.0. The van der Waals surface area contributed by atoms with Crippen LogP contribution < -0.4 is 0 Å². The Bertz CT molecular complexity index is 242. The highest BCUT2D eigenvalue weighted by atomic mass is 32.1. The molecule has 2 nitrogen and oxygen atoms in total. The standard InChI is InChI=1S/C9H12O2S.C2H6/c1-7(10)11-6-8-2-4-9(12)5-3-8;1-2/h2,4,12H,3,5-6H2,1H3;1-2H3. The van der Waals surface area contributed by atoms with Crippen LogP contribution in [0.3, 0.4) is 0 Å². The number of hydrogen-bond acceptors (Lipinski definition) is 3. The Morgan fingerprint density at radius 3 is 2.50 bits per heavy atom. The Kier molecular flexibility index (Phi) is 7.30. The van der Waals surface area contributed by atoms with Gasteiger partial charge in [0, 0.05) is 6.92 Å². The number of thiol groups is 1. The van der Waals surface area contributed by atoms with Crippen LogP contribution in [0.15, 0.2) is 22.6 Å². The van der Waals surface area contributed by atoms with Gasteiger partial charge in [-0.1, -0.05) is 26.0 Å². The van der Waals surface area contributed by atoms with Crippen LogP contribution in [-0.4, -0.2) is 12.6 Å². The Labute approximate surface area is 91.4 Å². The minimum atomic E-state index is -0.225. The smallest absolute Gasteiger partial charge is 0.302 e. The number of rotatable bonds is 2. The lowest BCUT2D eigenvalue weighted by molar-refractivity contribution is -0.140. The molecule has 1 rings (SSSR count). The average molecular weight is 214 g/mol. The van der Waals surface area contributed by atoms with Crippen LogP contribution in [0.25, 0.3) is 0 Å². The molecule has 0 fully saturated rings. The van der Waals surface area contributed by atoms with Crippen LogP contribution in [0.5, 0.6) is 0 Å². The van der Waals surface area contributed by atoms with Gasteiger partial charge in [-0.05, 0) is 23.3 Å². The summed E-state index contributed by atoms with van der Waals surface area (Å²) in [4.78, 5) is 11.6. The summed E-state index contributed by atoms with van der Waals surface area (Å²) in [6.45, 7) is 5.84. The highest BCUT2D eigenvalue weighted by Gasteiger charge is 2.04. The minimum Gasteiger partial charge on any atom is -0.461 e. The number of esters is 1. The average Bonchev–Trinajstić information content (AvgIpc) is 2.20. The summed E-state index contributed by atoms with van der Waals surface area (Å²) in [6, 6.07) is 0. The first-order valence-electron chi connectivity index (χ1n) is 4.89. The molecule has 0 aromatic rings. The van der Waals surface area contributed by atoms with Gasteiger partial charge >= 0.3 is 5.97 Å². The number of carbonyl (C=O) groups excluding carboxylic acids is 1. The lowest BCUT2D eigenvalue weighted by atomic mass is 10.1. The normalized spacial score (nSPS) is 14.6. The molecule has 0 saturated heterocycles. The molecule has 0 aliphatic heterocycles. The van der Waals surface area contributed by atoms with Crippen molar-refractivity contribution in [3.8, 4) is 0 Å². The van der Waals surface area contributed by atoms with Crippen LogP contribution in [0, 0.1) is 0 Å². The van der Waals surface area contributed by atoms with E-state index >= 15 is 0 Å². The first kappa shape index (κ1) is 13.3. The molecule has 0 saturated carbocycles. The lowest BCUT2D eigenvalue weighted by Gasteiger charge is -2.10. The third-order valence-electron chi connectivity index (χ3n) is 1.67. The molecule has 1 aliphatic rings. The maximum absolute atomic E-state index is 10.5. The molecule has 0 N–H and O–H groups in total. The molecule has 0 amide bonds. The Morgan fingerprint density at radius 1 is 1.43 bits per heavy atom. The number of carbonyl (C=O) groups is 1. The van der Waals surface area contributed by atoms with Gasteiger partial charge in [0.2, 0.25) is 0 Å². The lowest BCUT2D eigenvalue weighted by Crippen LogP contribution is -2.04. The summed E-state index contributed by atoms with van der Waals surface area (Å²) in [7, 11) is 0. The predicted octanol–water partition coefficient (Wildman–Crippen LogP) is 3.11. The zero-order valence-corrected chi connectivity index (χ0v) is 9.93. The van der Waals surface area contributed by atoms with E-state index in [0.29, 0.717) is 6.61 Å². The Balaban J connectivity index is 0.000000791. The Morgan fingerprint density at radius 2 is 2.07 bits per heavy atom. The van der Waals surface area contributed by atoms with E-state index in [-0.39, 0.29) is 5.97 Å². The van der Waals surface area contributed by atoms with E-state index in [1.165, 1.54) is 6.92 Å². The minimum absolute atomic E-state index is 0.225. The largest absolute Gasteiger partial charge is 0.461 e. The highest BCUT2D eigenvalue weighted by molar-refractivity contribution is 7.84. The topological polar surface area (TPSA) is 26.3 Å². The molecule has 0 radical (unpaired) electrons. The van der Waals surface area contributed by atoms with Crippen LogP contribution in [0.2, 0.25) is 0 Å². The quantitative estimate of drug-likeness (QED) is 0.564. The molecule has 0 bridgehead atoms. The molecule has 14 heavy (non-hydrogen) atoms. The molecule has 0 unspecified atom stereocenters. The third-order valence-corrected chi connectivity index (χ3v) is 2.05. The molecule has 0 aromatic carbocycles. The molecule has 3 heteroatoms. The van der Waals surface area contributed by atoms with Crippen molar-refractivity contribution in [1.82, 2.24) is 0 Å². The highest BCUT2D eigenvalue weighted by Crippen LogP contribution is 2.20. The third kappa shape index (κ3) is 5.86. The molecule has 0 aromatic heterocycles. The summed E-state index contributed by atoms with van der Waals surface area (Å²) in [5.74, 6) is -0.225. The molecule has 1 aliphatic carbocycles. The second-order valence-corrected chi connectivity index (χ2v) is 3.34. The predicted molar refractivity (Wildman–Crippen MR) is 62.4 cm³/mol. The summed E-state index contributed by atoms with van der Waals surface area (Å²) < 4.78 is 4.86. The van der Waals surface area contributed by atoms with E-state index in [0.717, 1.165) is 23.3 Å². The van der Waals surface area contributed by atoms with Crippen LogP contribution in [-0.2, 0) is 9.53 Å². The van der Waals surface area contributed by atoms with Gasteiger partial charge in [0.15, 0.2) is 0 Å².